The van der Waals surface area contributed by atoms with Crippen molar-refractivity contribution in [3.63, 3.8) is 0 Å². The van der Waals surface area contributed by atoms with Gasteiger partial charge in [-0.15, -0.1) is 11.3 Å². The topological polar surface area (TPSA) is 62.2 Å². The number of rotatable bonds is 7. The number of methoxy groups -OCH3 is 2. The predicted molar refractivity (Wildman–Crippen MR) is 118 cm³/mol. The molecule has 1 aliphatic rings. The maximum Gasteiger partial charge on any atom is 0.193 e. The third kappa shape index (κ3) is 5.83. The SMILES string of the molecule is CN=C(NCCc1ncc(C)s1)N1CCN(Cc2ccc(OC)c(OC)c2)CC1. The van der Waals surface area contributed by atoms with E-state index in [0.29, 0.717) is 0 Å². The maximum atomic E-state index is 5.42. The van der Waals surface area contributed by atoms with Crippen LogP contribution in [0.3, 0.4) is 0 Å². The highest BCUT2D eigenvalue weighted by Crippen LogP contribution is 2.28. The molecule has 1 aromatic heterocycles. The molecule has 3 rings (SSSR count). The Morgan fingerprint density at radius 1 is 1.17 bits per heavy atom. The summed E-state index contributed by atoms with van der Waals surface area (Å²) >= 11 is 1.76. The van der Waals surface area contributed by atoms with E-state index >= 15 is 0 Å². The number of benzene rings is 1. The lowest BCUT2D eigenvalue weighted by Crippen LogP contribution is -2.52. The number of guanidine groups is 1. The van der Waals surface area contributed by atoms with E-state index in [2.05, 4.69) is 44.1 Å². The zero-order valence-electron chi connectivity index (χ0n) is 17.8. The summed E-state index contributed by atoms with van der Waals surface area (Å²) < 4.78 is 10.7. The van der Waals surface area contributed by atoms with Crippen LogP contribution in [0.2, 0.25) is 0 Å². The molecule has 0 unspecified atom stereocenters. The number of piperazine rings is 1. The fraction of sp³-hybridized carbons (Fsp3) is 0.524. The molecular formula is C21H31N5O2S. The van der Waals surface area contributed by atoms with E-state index in [1.165, 1.54) is 15.4 Å². The molecule has 0 aliphatic carbocycles. The summed E-state index contributed by atoms with van der Waals surface area (Å²) in [6.07, 6.45) is 2.86. The Balaban J connectivity index is 1.46. The number of thiazole rings is 1. The van der Waals surface area contributed by atoms with Crippen molar-refractivity contribution in [3.8, 4) is 11.5 Å². The molecule has 0 spiro atoms. The summed E-state index contributed by atoms with van der Waals surface area (Å²) in [5, 5.41) is 4.65. The lowest BCUT2D eigenvalue weighted by Gasteiger charge is -2.36. The number of hydrogen-bond donors (Lipinski definition) is 1. The van der Waals surface area contributed by atoms with Crippen LogP contribution in [0.4, 0.5) is 0 Å². The van der Waals surface area contributed by atoms with E-state index in [0.717, 1.165) is 63.1 Å². The van der Waals surface area contributed by atoms with Crippen LogP contribution >= 0.6 is 11.3 Å². The monoisotopic (exact) mass is 417 g/mol. The van der Waals surface area contributed by atoms with E-state index in [4.69, 9.17) is 9.47 Å². The van der Waals surface area contributed by atoms with Crippen molar-refractivity contribution in [2.24, 2.45) is 4.99 Å². The smallest absolute Gasteiger partial charge is 0.193 e. The van der Waals surface area contributed by atoms with E-state index in [9.17, 15) is 0 Å². The quantitative estimate of drug-likeness (QED) is 0.551. The highest BCUT2D eigenvalue weighted by atomic mass is 32.1. The average Bonchev–Trinajstić information content (AvgIpc) is 3.17. The van der Waals surface area contributed by atoms with Gasteiger partial charge in [-0.1, -0.05) is 6.07 Å². The molecule has 29 heavy (non-hydrogen) atoms. The third-order valence-electron chi connectivity index (χ3n) is 5.03. The summed E-state index contributed by atoms with van der Waals surface area (Å²) in [6.45, 7) is 7.78. The first-order valence-electron chi connectivity index (χ1n) is 9.93. The van der Waals surface area contributed by atoms with Crippen LogP contribution in [0.1, 0.15) is 15.4 Å². The molecule has 2 heterocycles. The van der Waals surface area contributed by atoms with Crippen molar-refractivity contribution in [1.82, 2.24) is 20.1 Å². The Hall–Kier alpha value is -2.32. The van der Waals surface area contributed by atoms with Gasteiger partial charge in [0.2, 0.25) is 0 Å². The van der Waals surface area contributed by atoms with Crippen molar-refractivity contribution in [2.75, 3.05) is 54.0 Å². The highest BCUT2D eigenvalue weighted by Gasteiger charge is 2.20. The molecule has 158 valence electrons. The maximum absolute atomic E-state index is 5.42. The molecule has 1 aromatic carbocycles. The molecule has 2 aromatic rings. The molecule has 7 nitrogen and oxygen atoms in total. The zero-order chi connectivity index (χ0) is 20.6. The molecule has 0 bridgehead atoms. The van der Waals surface area contributed by atoms with Crippen LogP contribution in [-0.4, -0.2) is 74.7 Å². The Bertz CT molecular complexity index is 815. The van der Waals surface area contributed by atoms with Gasteiger partial charge in [-0.05, 0) is 24.6 Å². The van der Waals surface area contributed by atoms with E-state index in [1.54, 1.807) is 25.6 Å². The van der Waals surface area contributed by atoms with Gasteiger partial charge in [0, 0.05) is 63.8 Å². The molecule has 1 fully saturated rings. The first kappa shape index (κ1) is 21.4. The van der Waals surface area contributed by atoms with Gasteiger partial charge >= 0.3 is 0 Å². The summed E-state index contributed by atoms with van der Waals surface area (Å²) in [4.78, 5) is 14.9. The van der Waals surface area contributed by atoms with Gasteiger partial charge in [0.25, 0.3) is 0 Å². The Labute approximate surface area is 177 Å². The number of nitrogens with one attached hydrogen (secondary N) is 1. The molecule has 0 atom stereocenters. The Kier molecular flexibility index (Phi) is 7.71. The number of aryl methyl sites for hydroxylation is 1. The number of hydrogen-bond acceptors (Lipinski definition) is 6. The zero-order valence-corrected chi connectivity index (χ0v) is 18.6. The van der Waals surface area contributed by atoms with Crippen molar-refractivity contribution in [3.05, 3.63) is 39.8 Å². The second-order valence-electron chi connectivity index (χ2n) is 7.04. The summed E-state index contributed by atoms with van der Waals surface area (Å²) in [5.41, 5.74) is 1.23. The van der Waals surface area contributed by atoms with Crippen molar-refractivity contribution in [2.45, 2.75) is 19.9 Å². The van der Waals surface area contributed by atoms with Gasteiger partial charge in [-0.3, -0.25) is 9.89 Å². The van der Waals surface area contributed by atoms with E-state index < -0.39 is 0 Å². The predicted octanol–water partition coefficient (Wildman–Crippen LogP) is 2.40. The minimum absolute atomic E-state index is 0.767. The van der Waals surface area contributed by atoms with Crippen LogP contribution < -0.4 is 14.8 Å². The van der Waals surface area contributed by atoms with Gasteiger partial charge < -0.3 is 19.7 Å². The Morgan fingerprint density at radius 3 is 2.55 bits per heavy atom. The summed E-state index contributed by atoms with van der Waals surface area (Å²) in [5.74, 6) is 2.52. The minimum Gasteiger partial charge on any atom is -0.493 e. The van der Waals surface area contributed by atoms with Gasteiger partial charge in [0.05, 0.1) is 19.2 Å². The largest absolute Gasteiger partial charge is 0.493 e. The lowest BCUT2D eigenvalue weighted by molar-refractivity contribution is 0.172. The van der Waals surface area contributed by atoms with Crippen LogP contribution in [0, 0.1) is 6.92 Å². The summed E-state index contributed by atoms with van der Waals surface area (Å²) in [6, 6.07) is 6.14. The molecular weight excluding hydrogens is 386 g/mol. The first-order valence-corrected chi connectivity index (χ1v) is 10.7. The fourth-order valence-corrected chi connectivity index (χ4v) is 4.27. The molecule has 0 radical (unpaired) electrons. The second-order valence-corrected chi connectivity index (χ2v) is 8.36. The molecule has 8 heteroatoms. The standard InChI is InChI=1S/C21H31N5O2S/c1-16-14-24-20(29-16)7-8-23-21(22-2)26-11-9-25(10-12-26)15-17-5-6-18(27-3)19(13-17)28-4/h5-6,13-14H,7-12,15H2,1-4H3,(H,22,23). The van der Waals surface area contributed by atoms with Crippen LogP contribution in [0.5, 0.6) is 11.5 Å². The normalized spacial score (nSPS) is 15.4. The van der Waals surface area contributed by atoms with Crippen molar-refractivity contribution >= 4 is 17.3 Å². The van der Waals surface area contributed by atoms with Gasteiger partial charge in [0.1, 0.15) is 0 Å². The van der Waals surface area contributed by atoms with Gasteiger partial charge in [-0.25, -0.2) is 4.98 Å². The average molecular weight is 418 g/mol. The third-order valence-corrected chi connectivity index (χ3v) is 6.00. The fourth-order valence-electron chi connectivity index (χ4n) is 3.49. The first-order chi connectivity index (χ1) is 14.1. The second kappa shape index (κ2) is 10.5. The van der Waals surface area contributed by atoms with E-state index in [-0.39, 0.29) is 0 Å². The summed E-state index contributed by atoms with van der Waals surface area (Å²) in [7, 11) is 5.19. The van der Waals surface area contributed by atoms with Crippen LogP contribution in [0.25, 0.3) is 0 Å². The molecule has 1 N–H and O–H groups in total. The molecule has 1 aliphatic heterocycles. The number of aromatic nitrogens is 1. The number of nitrogens with zero attached hydrogens (tertiary/aromatic N) is 4. The lowest BCUT2D eigenvalue weighted by atomic mass is 10.1. The minimum atomic E-state index is 0.767. The van der Waals surface area contributed by atoms with Crippen molar-refractivity contribution in [1.29, 1.82) is 0 Å². The van der Waals surface area contributed by atoms with E-state index in [1.807, 2.05) is 19.3 Å². The number of ether oxygens (including phenoxy) is 2. The van der Waals surface area contributed by atoms with Crippen molar-refractivity contribution < 1.29 is 9.47 Å². The molecule has 0 amide bonds. The number of aliphatic imine (C=N–C) groups is 1. The molecule has 1 saturated heterocycles. The van der Waals surface area contributed by atoms with Crippen LogP contribution in [0.15, 0.2) is 29.4 Å². The Morgan fingerprint density at radius 2 is 1.93 bits per heavy atom. The molecule has 0 saturated carbocycles. The highest BCUT2D eigenvalue weighted by molar-refractivity contribution is 7.11. The van der Waals surface area contributed by atoms with Gasteiger partial charge in [-0.2, -0.15) is 0 Å². The van der Waals surface area contributed by atoms with Crippen LogP contribution in [-0.2, 0) is 13.0 Å². The van der Waals surface area contributed by atoms with Gasteiger partial charge in [0.15, 0.2) is 17.5 Å².